The Kier molecular flexibility index (Phi) is 60.4. The molecule has 6 heteroatoms. The van der Waals surface area contributed by atoms with Crippen LogP contribution in [0.5, 0.6) is 0 Å². The van der Waals surface area contributed by atoms with E-state index in [1.807, 2.05) is 0 Å². The second-order valence-corrected chi connectivity index (χ2v) is 22.8. The van der Waals surface area contributed by atoms with E-state index >= 15 is 0 Å². The minimum Gasteiger partial charge on any atom is -0.466 e. The Hall–Kier alpha value is -1.14. The third kappa shape index (κ3) is 58.0. The molecule has 3 N–H and O–H groups in total. The highest BCUT2D eigenvalue weighted by Gasteiger charge is 2.20. The molecule has 1 amide bonds. The average Bonchev–Trinajstić information content (AvgIpc) is 3.37. The van der Waals surface area contributed by atoms with Crippen molar-refractivity contribution in [2.24, 2.45) is 0 Å². The van der Waals surface area contributed by atoms with Crippen LogP contribution in [0, 0.1) is 0 Å². The van der Waals surface area contributed by atoms with E-state index in [2.05, 4.69) is 19.2 Å². The minimum atomic E-state index is -0.663. The topological polar surface area (TPSA) is 95.9 Å². The lowest BCUT2D eigenvalue weighted by Crippen LogP contribution is -2.45. The van der Waals surface area contributed by atoms with E-state index in [1.165, 1.54) is 308 Å². The normalized spacial score (nSPS) is 12.5. The van der Waals surface area contributed by atoms with Crippen molar-refractivity contribution >= 4 is 11.9 Å². The standard InChI is InChI=1S/C65H129NO5/c1-3-5-7-9-11-13-15-17-18-19-28-31-34-37-41-45-49-53-57-63(68)62(61-67)66-64(69)58-54-50-46-42-38-35-32-29-26-24-22-20-21-23-25-27-30-33-36-40-44-48-52-56-60-71-65(70)59-55-51-47-43-39-16-14-12-10-8-6-4-2/h62-63,67-68H,3-61H2,1-2H3,(H,66,69). The Morgan fingerprint density at radius 3 is 0.859 bits per heavy atom. The van der Waals surface area contributed by atoms with Gasteiger partial charge in [0.2, 0.25) is 5.91 Å². The van der Waals surface area contributed by atoms with Crippen LogP contribution in [0.1, 0.15) is 380 Å². The lowest BCUT2D eigenvalue weighted by molar-refractivity contribution is -0.143. The van der Waals surface area contributed by atoms with E-state index in [0.29, 0.717) is 25.9 Å². The van der Waals surface area contributed by atoms with Crippen molar-refractivity contribution in [2.45, 2.75) is 392 Å². The van der Waals surface area contributed by atoms with E-state index in [0.717, 1.165) is 38.5 Å². The van der Waals surface area contributed by atoms with Gasteiger partial charge in [-0.3, -0.25) is 9.59 Å². The van der Waals surface area contributed by atoms with E-state index in [-0.39, 0.29) is 18.5 Å². The third-order valence-electron chi connectivity index (χ3n) is 15.7. The van der Waals surface area contributed by atoms with Gasteiger partial charge >= 0.3 is 5.97 Å². The number of hydrogen-bond acceptors (Lipinski definition) is 5. The van der Waals surface area contributed by atoms with Gasteiger partial charge in [-0.2, -0.15) is 0 Å². The van der Waals surface area contributed by atoms with Crippen molar-refractivity contribution in [2.75, 3.05) is 13.2 Å². The van der Waals surface area contributed by atoms with E-state index in [9.17, 15) is 19.8 Å². The second-order valence-electron chi connectivity index (χ2n) is 22.8. The lowest BCUT2D eigenvalue weighted by Gasteiger charge is -2.22. The number of aliphatic hydroxyl groups is 2. The molecule has 0 radical (unpaired) electrons. The van der Waals surface area contributed by atoms with E-state index < -0.39 is 12.1 Å². The number of esters is 1. The Morgan fingerprint density at radius 1 is 0.338 bits per heavy atom. The molecule has 0 saturated carbocycles. The van der Waals surface area contributed by atoms with Gasteiger partial charge in [0, 0.05) is 12.8 Å². The molecular weight excluding hydrogens is 875 g/mol. The highest BCUT2D eigenvalue weighted by Crippen LogP contribution is 2.19. The van der Waals surface area contributed by atoms with Crippen molar-refractivity contribution < 1.29 is 24.5 Å². The lowest BCUT2D eigenvalue weighted by atomic mass is 10.0. The van der Waals surface area contributed by atoms with Crippen molar-refractivity contribution in [3.8, 4) is 0 Å². The molecule has 424 valence electrons. The van der Waals surface area contributed by atoms with Gasteiger partial charge in [0.1, 0.15) is 0 Å². The molecule has 0 aliphatic heterocycles. The van der Waals surface area contributed by atoms with Crippen LogP contribution in [0.4, 0.5) is 0 Å². The van der Waals surface area contributed by atoms with Gasteiger partial charge in [-0.05, 0) is 25.7 Å². The van der Waals surface area contributed by atoms with Crippen LogP contribution in [0.25, 0.3) is 0 Å². The quantitative estimate of drug-likeness (QED) is 0.0417. The summed E-state index contributed by atoms with van der Waals surface area (Å²) in [5.74, 6) is -0.0122. The largest absolute Gasteiger partial charge is 0.466 e. The third-order valence-corrected chi connectivity index (χ3v) is 15.7. The molecule has 0 fully saturated rings. The number of ether oxygens (including phenoxy) is 1. The zero-order valence-corrected chi connectivity index (χ0v) is 48.5. The first kappa shape index (κ1) is 69.9. The predicted octanol–water partition coefficient (Wildman–Crippen LogP) is 20.6. The van der Waals surface area contributed by atoms with Crippen molar-refractivity contribution in [3.63, 3.8) is 0 Å². The highest BCUT2D eigenvalue weighted by molar-refractivity contribution is 5.76. The molecule has 2 atom stereocenters. The summed E-state index contributed by atoms with van der Waals surface area (Å²) in [6, 6.07) is -0.540. The summed E-state index contributed by atoms with van der Waals surface area (Å²) in [6.07, 6.45) is 72.7. The second kappa shape index (κ2) is 61.4. The molecule has 0 heterocycles. The molecule has 71 heavy (non-hydrogen) atoms. The summed E-state index contributed by atoms with van der Waals surface area (Å²) in [4.78, 5) is 24.5. The summed E-state index contributed by atoms with van der Waals surface area (Å²) in [5, 5.41) is 23.4. The van der Waals surface area contributed by atoms with Crippen LogP contribution in [-0.2, 0) is 14.3 Å². The summed E-state index contributed by atoms with van der Waals surface area (Å²) in [6.45, 7) is 4.99. The summed E-state index contributed by atoms with van der Waals surface area (Å²) < 4.78 is 5.48. The zero-order chi connectivity index (χ0) is 51.4. The molecule has 0 aromatic heterocycles. The first-order valence-electron chi connectivity index (χ1n) is 32.8. The zero-order valence-electron chi connectivity index (χ0n) is 48.5. The molecule has 2 unspecified atom stereocenters. The number of carbonyl (C=O) groups excluding carboxylic acids is 2. The highest BCUT2D eigenvalue weighted by atomic mass is 16.5. The van der Waals surface area contributed by atoms with Crippen LogP contribution in [0.15, 0.2) is 0 Å². The van der Waals surface area contributed by atoms with E-state index in [1.54, 1.807) is 0 Å². The average molecular weight is 1000 g/mol. The Labute approximate surface area is 445 Å². The molecule has 0 aromatic rings. The molecule has 6 nitrogen and oxygen atoms in total. The predicted molar refractivity (Wildman–Crippen MR) is 310 cm³/mol. The maximum atomic E-state index is 12.5. The molecule has 0 aliphatic carbocycles. The van der Waals surface area contributed by atoms with Crippen LogP contribution in [0.2, 0.25) is 0 Å². The number of carbonyl (C=O) groups is 2. The van der Waals surface area contributed by atoms with E-state index in [4.69, 9.17) is 4.74 Å². The molecule has 0 bridgehead atoms. The van der Waals surface area contributed by atoms with Gasteiger partial charge in [-0.15, -0.1) is 0 Å². The maximum absolute atomic E-state index is 12.5. The monoisotopic (exact) mass is 1000 g/mol. The van der Waals surface area contributed by atoms with Crippen molar-refractivity contribution in [1.29, 1.82) is 0 Å². The van der Waals surface area contributed by atoms with Gasteiger partial charge in [0.25, 0.3) is 0 Å². The maximum Gasteiger partial charge on any atom is 0.305 e. The van der Waals surface area contributed by atoms with Crippen LogP contribution < -0.4 is 5.32 Å². The molecule has 0 aromatic carbocycles. The van der Waals surface area contributed by atoms with Crippen molar-refractivity contribution in [1.82, 2.24) is 5.32 Å². The number of amides is 1. The Morgan fingerprint density at radius 2 is 0.577 bits per heavy atom. The molecular formula is C65H129NO5. The smallest absolute Gasteiger partial charge is 0.305 e. The molecule has 0 saturated heterocycles. The first-order valence-corrected chi connectivity index (χ1v) is 32.8. The number of rotatable bonds is 62. The van der Waals surface area contributed by atoms with Crippen LogP contribution >= 0.6 is 0 Å². The summed E-state index contributed by atoms with van der Waals surface area (Å²) >= 11 is 0. The Balaban J connectivity index is 3.36. The number of aliphatic hydroxyl groups excluding tert-OH is 2. The van der Waals surface area contributed by atoms with Gasteiger partial charge < -0.3 is 20.3 Å². The molecule has 0 aliphatic rings. The molecule has 0 spiro atoms. The fourth-order valence-corrected chi connectivity index (χ4v) is 10.6. The minimum absolute atomic E-state index is 0.0173. The van der Waals surface area contributed by atoms with Gasteiger partial charge in [0.05, 0.1) is 25.4 Å². The molecule has 0 rings (SSSR count). The number of hydrogen-bond donors (Lipinski definition) is 3. The van der Waals surface area contributed by atoms with Gasteiger partial charge in [-0.25, -0.2) is 0 Å². The van der Waals surface area contributed by atoms with Crippen LogP contribution in [-0.4, -0.2) is 47.4 Å². The number of nitrogens with one attached hydrogen (secondary N) is 1. The Bertz CT molecular complexity index is 1020. The van der Waals surface area contributed by atoms with Gasteiger partial charge in [-0.1, -0.05) is 341 Å². The fraction of sp³-hybridized carbons (Fsp3) is 0.969. The fourth-order valence-electron chi connectivity index (χ4n) is 10.6. The SMILES string of the molecule is CCCCCCCCCCCCCCCCCCCCC(O)C(CO)NC(=O)CCCCCCCCCCCCCCCCCCCCCCCCCCOC(=O)CCCCCCCCCCCCCC. The van der Waals surface area contributed by atoms with Crippen molar-refractivity contribution in [3.05, 3.63) is 0 Å². The summed E-state index contributed by atoms with van der Waals surface area (Å²) in [7, 11) is 0. The summed E-state index contributed by atoms with van der Waals surface area (Å²) in [5.41, 5.74) is 0. The van der Waals surface area contributed by atoms with Crippen LogP contribution in [0.3, 0.4) is 0 Å². The number of unbranched alkanes of at least 4 members (excludes halogenated alkanes) is 51. The van der Waals surface area contributed by atoms with Gasteiger partial charge in [0.15, 0.2) is 0 Å². The first-order chi connectivity index (χ1) is 35.0.